The quantitative estimate of drug-likeness (QED) is 0.336. The number of hydrogen-bond acceptors (Lipinski definition) is 5. The van der Waals surface area contributed by atoms with Crippen LogP contribution >= 0.6 is 27.7 Å². The Labute approximate surface area is 216 Å². The number of nitrogens with zero attached hydrogens (tertiary/aromatic N) is 1. The van der Waals surface area contributed by atoms with Gasteiger partial charge >= 0.3 is 0 Å². The van der Waals surface area contributed by atoms with Gasteiger partial charge in [0.2, 0.25) is 5.91 Å². The van der Waals surface area contributed by atoms with Crippen molar-refractivity contribution in [3.8, 4) is 5.75 Å². The van der Waals surface area contributed by atoms with E-state index < -0.39 is 10.0 Å². The zero-order valence-corrected chi connectivity index (χ0v) is 22.8. The summed E-state index contributed by atoms with van der Waals surface area (Å²) in [5.74, 6) is 1.33. The highest BCUT2D eigenvalue weighted by atomic mass is 79.9. The van der Waals surface area contributed by atoms with E-state index in [1.807, 2.05) is 18.7 Å². The van der Waals surface area contributed by atoms with Gasteiger partial charge in [0.25, 0.3) is 10.0 Å². The second-order valence-electron chi connectivity index (χ2n) is 8.23. The van der Waals surface area contributed by atoms with Gasteiger partial charge in [-0.15, -0.1) is 0 Å². The Kier molecular flexibility index (Phi) is 10.6. The van der Waals surface area contributed by atoms with E-state index in [-0.39, 0.29) is 17.3 Å². The lowest BCUT2D eigenvalue weighted by atomic mass is 10.0. The van der Waals surface area contributed by atoms with Crippen LogP contribution in [0.2, 0.25) is 0 Å². The Hall–Kier alpha value is -1.71. The minimum atomic E-state index is -3.93. The molecule has 6 nitrogen and oxygen atoms in total. The van der Waals surface area contributed by atoms with Crippen molar-refractivity contribution in [2.45, 2.75) is 55.6 Å². The molecule has 2 aromatic rings. The van der Waals surface area contributed by atoms with Gasteiger partial charge in [-0.3, -0.25) is 9.10 Å². The van der Waals surface area contributed by atoms with Crippen molar-refractivity contribution in [1.29, 1.82) is 0 Å². The smallest absolute Gasteiger partial charge is 0.264 e. The molecule has 0 aromatic heterocycles. The van der Waals surface area contributed by atoms with E-state index in [9.17, 15) is 13.2 Å². The van der Waals surface area contributed by atoms with E-state index in [4.69, 9.17) is 4.74 Å². The minimum absolute atomic E-state index is 0.126. The lowest BCUT2D eigenvalue weighted by Gasteiger charge is -2.24. The topological polar surface area (TPSA) is 75.7 Å². The molecule has 0 bridgehead atoms. The number of hydrogen-bond donors (Lipinski definition) is 1. The molecule has 2 aromatic carbocycles. The number of halogens is 1. The lowest BCUT2D eigenvalue weighted by Crippen LogP contribution is -2.41. The molecule has 0 atom stereocenters. The van der Waals surface area contributed by atoms with E-state index in [1.54, 1.807) is 36.4 Å². The summed E-state index contributed by atoms with van der Waals surface area (Å²) in [6, 6.07) is 13.2. The Morgan fingerprint density at radius 3 is 2.41 bits per heavy atom. The summed E-state index contributed by atoms with van der Waals surface area (Å²) >= 11 is 5.33. The number of sulfonamides is 1. The molecule has 9 heteroatoms. The van der Waals surface area contributed by atoms with Crippen LogP contribution in [0.1, 0.15) is 45.4 Å². The van der Waals surface area contributed by atoms with Gasteiger partial charge in [-0.25, -0.2) is 8.42 Å². The molecule has 1 saturated carbocycles. The molecule has 3 rings (SSSR count). The van der Waals surface area contributed by atoms with Crippen molar-refractivity contribution in [1.82, 2.24) is 5.32 Å². The van der Waals surface area contributed by atoms with Gasteiger partial charge in [-0.2, -0.15) is 11.8 Å². The first-order valence-corrected chi connectivity index (χ1v) is 15.1. The molecule has 0 heterocycles. The summed E-state index contributed by atoms with van der Waals surface area (Å²) in [7, 11) is -3.93. The van der Waals surface area contributed by atoms with Crippen LogP contribution in [0, 0.1) is 0 Å². The Morgan fingerprint density at radius 2 is 1.76 bits per heavy atom. The monoisotopic (exact) mass is 568 g/mol. The van der Waals surface area contributed by atoms with Crippen molar-refractivity contribution in [3.63, 3.8) is 0 Å². The predicted octanol–water partition coefficient (Wildman–Crippen LogP) is 5.62. The van der Waals surface area contributed by atoms with Gasteiger partial charge in [-0.1, -0.05) is 35.2 Å². The van der Waals surface area contributed by atoms with Gasteiger partial charge in [0.15, 0.2) is 0 Å². The average molecular weight is 570 g/mol. The van der Waals surface area contributed by atoms with E-state index in [0.717, 1.165) is 26.2 Å². The number of nitrogens with one attached hydrogen (secondary N) is 1. The molecular formula is C25H33BrN2O4S2. The molecule has 1 amide bonds. The summed E-state index contributed by atoms with van der Waals surface area (Å²) in [4.78, 5) is 12.9. The second kappa shape index (κ2) is 13.4. The molecule has 1 fully saturated rings. The van der Waals surface area contributed by atoms with Crippen molar-refractivity contribution in [3.05, 3.63) is 53.0 Å². The summed E-state index contributed by atoms with van der Waals surface area (Å²) in [6.45, 7) is 2.65. The number of anilines is 1. The third kappa shape index (κ3) is 7.92. The molecule has 0 unspecified atom stereocenters. The van der Waals surface area contributed by atoms with Crippen molar-refractivity contribution >= 4 is 49.3 Å². The third-order valence-corrected chi connectivity index (χ3v) is 9.46. The van der Waals surface area contributed by atoms with Crippen LogP contribution in [0.4, 0.5) is 5.69 Å². The molecular weight excluding hydrogens is 536 g/mol. The van der Waals surface area contributed by atoms with E-state index in [2.05, 4.69) is 21.2 Å². The van der Waals surface area contributed by atoms with Crippen LogP contribution in [0.25, 0.3) is 0 Å². The molecule has 0 radical (unpaired) electrons. The lowest BCUT2D eigenvalue weighted by molar-refractivity contribution is -0.119. The molecule has 186 valence electrons. The number of carbonyl (C=O) groups excluding carboxylic acids is 1. The van der Waals surface area contributed by atoms with Gasteiger partial charge < -0.3 is 10.1 Å². The average Bonchev–Trinajstić information content (AvgIpc) is 2.84. The fraction of sp³-hybridized carbons (Fsp3) is 0.480. The Morgan fingerprint density at radius 1 is 1.09 bits per heavy atom. The zero-order valence-electron chi connectivity index (χ0n) is 19.5. The zero-order chi connectivity index (χ0) is 24.4. The first-order chi connectivity index (χ1) is 16.4. The first kappa shape index (κ1) is 26.9. The van der Waals surface area contributed by atoms with Gasteiger partial charge in [0, 0.05) is 16.3 Å². The van der Waals surface area contributed by atoms with Crippen LogP contribution in [0.5, 0.6) is 5.75 Å². The van der Waals surface area contributed by atoms with E-state index >= 15 is 0 Å². The molecule has 1 aliphatic rings. The van der Waals surface area contributed by atoms with Gasteiger partial charge in [-0.05, 0) is 80.5 Å². The number of rotatable bonds is 12. The molecule has 0 aliphatic heterocycles. The van der Waals surface area contributed by atoms with Crippen LogP contribution in [-0.4, -0.2) is 45.0 Å². The number of amides is 1. The summed E-state index contributed by atoms with van der Waals surface area (Å²) in [5.41, 5.74) is 0.411. The fourth-order valence-corrected chi connectivity index (χ4v) is 6.89. The van der Waals surface area contributed by atoms with Crippen molar-refractivity contribution in [2.24, 2.45) is 0 Å². The van der Waals surface area contributed by atoms with Crippen molar-refractivity contribution < 1.29 is 17.9 Å². The maximum Gasteiger partial charge on any atom is 0.264 e. The minimum Gasteiger partial charge on any atom is -0.494 e. The molecule has 1 aliphatic carbocycles. The van der Waals surface area contributed by atoms with E-state index in [0.29, 0.717) is 24.6 Å². The highest BCUT2D eigenvalue weighted by Gasteiger charge is 2.27. The van der Waals surface area contributed by atoms with Crippen LogP contribution in [0.15, 0.2) is 57.9 Å². The highest BCUT2D eigenvalue weighted by molar-refractivity contribution is 9.10. The normalized spacial score (nSPS) is 14.5. The number of thioether (sulfide) groups is 1. The molecule has 34 heavy (non-hydrogen) atoms. The number of ether oxygens (including phenoxy) is 1. The summed E-state index contributed by atoms with van der Waals surface area (Å²) < 4.78 is 34.3. The van der Waals surface area contributed by atoms with Crippen molar-refractivity contribution in [2.75, 3.05) is 29.8 Å². The first-order valence-electron chi connectivity index (χ1n) is 11.8. The Bertz CT molecular complexity index is 1010. The molecule has 0 spiro atoms. The highest BCUT2D eigenvalue weighted by Crippen LogP contribution is 2.29. The Balaban J connectivity index is 1.64. The number of carbonyl (C=O) groups is 1. The largest absolute Gasteiger partial charge is 0.494 e. The van der Waals surface area contributed by atoms with Crippen LogP contribution < -0.4 is 14.4 Å². The third-order valence-electron chi connectivity index (χ3n) is 5.67. The summed E-state index contributed by atoms with van der Waals surface area (Å²) in [5, 5.41) is 3.64. The number of benzene rings is 2. The maximum atomic E-state index is 13.4. The predicted molar refractivity (Wildman–Crippen MR) is 143 cm³/mol. The SMILES string of the molecule is CCOc1ccc(N(CC(=O)NCCCSC2CCCCC2)S(=O)(=O)c2ccc(Br)cc2)cc1. The van der Waals surface area contributed by atoms with Crippen LogP contribution in [-0.2, 0) is 14.8 Å². The second-order valence-corrected chi connectivity index (χ2v) is 12.4. The van der Waals surface area contributed by atoms with Gasteiger partial charge in [0.05, 0.1) is 17.2 Å². The molecule has 1 N–H and O–H groups in total. The standard InChI is InChI=1S/C25H33BrN2O4S2/c1-2-32-22-13-11-21(12-14-22)28(34(30,31)24-15-9-20(26)10-16-24)19-25(29)27-17-6-18-33-23-7-4-3-5-8-23/h9-16,23H,2-8,17-19H2,1H3,(H,27,29). The summed E-state index contributed by atoms with van der Waals surface area (Å²) in [6.07, 6.45) is 7.45. The maximum absolute atomic E-state index is 13.4. The fourth-order valence-electron chi connectivity index (χ4n) is 3.89. The van der Waals surface area contributed by atoms with Gasteiger partial charge in [0.1, 0.15) is 12.3 Å². The molecule has 0 saturated heterocycles. The van der Waals surface area contributed by atoms with E-state index in [1.165, 1.54) is 44.2 Å². The van der Waals surface area contributed by atoms with Crippen LogP contribution in [0.3, 0.4) is 0 Å².